The summed E-state index contributed by atoms with van der Waals surface area (Å²) in [6.45, 7) is 3.51. The summed E-state index contributed by atoms with van der Waals surface area (Å²) in [5.74, 6) is -0.300. The van der Waals surface area contributed by atoms with Gasteiger partial charge in [-0.2, -0.15) is 5.10 Å². The van der Waals surface area contributed by atoms with Crippen molar-refractivity contribution in [2.75, 3.05) is 7.11 Å². The van der Waals surface area contributed by atoms with Crippen molar-refractivity contribution in [2.45, 2.75) is 19.4 Å². The van der Waals surface area contributed by atoms with Crippen LogP contribution in [0.3, 0.4) is 0 Å². The van der Waals surface area contributed by atoms with Crippen LogP contribution in [0.4, 0.5) is 0 Å². The number of nitrogens with zero attached hydrogens (tertiary/aromatic N) is 2. The Morgan fingerprint density at radius 3 is 2.67 bits per heavy atom. The lowest BCUT2D eigenvalue weighted by Crippen LogP contribution is -2.37. The molecule has 0 saturated carbocycles. The lowest BCUT2D eigenvalue weighted by molar-refractivity contribution is -0.150. The molecule has 0 aliphatic carbocycles. The van der Waals surface area contributed by atoms with E-state index in [0.717, 1.165) is 0 Å². The molecule has 0 unspecified atom stereocenters. The molecule has 0 atom stereocenters. The van der Waals surface area contributed by atoms with Gasteiger partial charge in [-0.05, 0) is 19.9 Å². The van der Waals surface area contributed by atoms with Gasteiger partial charge < -0.3 is 4.74 Å². The van der Waals surface area contributed by atoms with Crippen LogP contribution in [0.1, 0.15) is 13.8 Å². The highest BCUT2D eigenvalue weighted by molar-refractivity contribution is 5.77. The highest BCUT2D eigenvalue weighted by Crippen LogP contribution is 2.14. The first-order valence-electron chi connectivity index (χ1n) is 3.67. The Morgan fingerprint density at radius 2 is 2.25 bits per heavy atom. The van der Waals surface area contributed by atoms with Crippen LogP contribution in [0.5, 0.6) is 0 Å². The molecule has 0 radical (unpaired) electrons. The number of aromatic nitrogens is 2. The first-order chi connectivity index (χ1) is 5.59. The molecule has 0 N–H and O–H groups in total. The van der Waals surface area contributed by atoms with Gasteiger partial charge >= 0.3 is 5.97 Å². The van der Waals surface area contributed by atoms with Crippen LogP contribution in [0.15, 0.2) is 18.5 Å². The zero-order valence-corrected chi connectivity index (χ0v) is 7.44. The maximum atomic E-state index is 11.2. The first-order valence-corrected chi connectivity index (χ1v) is 3.67. The van der Waals surface area contributed by atoms with E-state index in [0.29, 0.717) is 0 Å². The van der Waals surface area contributed by atoms with Gasteiger partial charge in [-0.15, -0.1) is 0 Å². The highest BCUT2D eigenvalue weighted by Gasteiger charge is 2.30. The Hall–Kier alpha value is -1.32. The molecule has 0 amide bonds. The minimum Gasteiger partial charge on any atom is -0.467 e. The normalized spacial score (nSPS) is 11.2. The number of hydrogen-bond donors (Lipinski definition) is 0. The summed E-state index contributed by atoms with van der Waals surface area (Å²) in [5.41, 5.74) is -0.724. The third-order valence-electron chi connectivity index (χ3n) is 1.76. The molecule has 0 fully saturated rings. The molecule has 0 spiro atoms. The summed E-state index contributed by atoms with van der Waals surface area (Å²) in [6, 6.07) is 1.77. The van der Waals surface area contributed by atoms with E-state index >= 15 is 0 Å². The SMILES string of the molecule is COC(=O)C(C)(C)n1cccn1. The second kappa shape index (κ2) is 2.97. The molecule has 4 heteroatoms. The summed E-state index contributed by atoms with van der Waals surface area (Å²) < 4.78 is 6.21. The van der Waals surface area contributed by atoms with E-state index in [9.17, 15) is 4.79 Å². The van der Waals surface area contributed by atoms with Gasteiger partial charge in [0.1, 0.15) is 0 Å². The van der Waals surface area contributed by atoms with E-state index in [1.807, 2.05) is 0 Å². The van der Waals surface area contributed by atoms with Crippen molar-refractivity contribution in [2.24, 2.45) is 0 Å². The van der Waals surface area contributed by atoms with Crippen LogP contribution in [0.25, 0.3) is 0 Å². The van der Waals surface area contributed by atoms with Crippen molar-refractivity contribution in [1.29, 1.82) is 0 Å². The van der Waals surface area contributed by atoms with Gasteiger partial charge in [0.15, 0.2) is 5.54 Å². The Balaban J connectivity index is 2.93. The maximum absolute atomic E-state index is 11.2. The van der Waals surface area contributed by atoms with E-state index in [4.69, 9.17) is 0 Å². The molecule has 66 valence electrons. The number of hydrogen-bond acceptors (Lipinski definition) is 3. The molecule has 0 aliphatic heterocycles. The molecule has 0 bridgehead atoms. The lowest BCUT2D eigenvalue weighted by Gasteiger charge is -2.21. The van der Waals surface area contributed by atoms with E-state index in [1.54, 1.807) is 37.0 Å². The number of carbonyl (C=O) groups excluding carboxylic acids is 1. The van der Waals surface area contributed by atoms with Crippen molar-refractivity contribution in [3.05, 3.63) is 18.5 Å². The van der Waals surface area contributed by atoms with Gasteiger partial charge in [0.25, 0.3) is 0 Å². The number of rotatable bonds is 2. The minimum atomic E-state index is -0.724. The van der Waals surface area contributed by atoms with Crippen LogP contribution in [0, 0.1) is 0 Å². The number of methoxy groups -OCH3 is 1. The number of carbonyl (C=O) groups is 1. The van der Waals surface area contributed by atoms with Gasteiger partial charge in [-0.3, -0.25) is 4.68 Å². The van der Waals surface area contributed by atoms with Crippen molar-refractivity contribution in [3.8, 4) is 0 Å². The average Bonchev–Trinajstić information content (AvgIpc) is 2.55. The molecule has 0 aliphatic rings. The summed E-state index contributed by atoms with van der Waals surface area (Å²) in [6.07, 6.45) is 3.36. The molecular formula is C8H12N2O2. The molecule has 1 heterocycles. The predicted octanol–water partition coefficient (Wildman–Crippen LogP) is 0.791. The smallest absolute Gasteiger partial charge is 0.333 e. The highest BCUT2D eigenvalue weighted by atomic mass is 16.5. The van der Waals surface area contributed by atoms with E-state index in [-0.39, 0.29) is 5.97 Å². The number of ether oxygens (including phenoxy) is 1. The van der Waals surface area contributed by atoms with E-state index < -0.39 is 5.54 Å². The molecular weight excluding hydrogens is 156 g/mol. The zero-order valence-electron chi connectivity index (χ0n) is 7.44. The Morgan fingerprint density at radius 1 is 1.58 bits per heavy atom. The molecule has 1 aromatic heterocycles. The second-order valence-corrected chi connectivity index (χ2v) is 3.00. The monoisotopic (exact) mass is 168 g/mol. The van der Waals surface area contributed by atoms with Crippen LogP contribution < -0.4 is 0 Å². The molecule has 12 heavy (non-hydrogen) atoms. The fourth-order valence-corrected chi connectivity index (χ4v) is 0.943. The maximum Gasteiger partial charge on any atom is 0.333 e. The Bertz CT molecular complexity index is 265. The fraction of sp³-hybridized carbons (Fsp3) is 0.500. The molecule has 4 nitrogen and oxygen atoms in total. The molecule has 1 aromatic rings. The minimum absolute atomic E-state index is 0.300. The van der Waals surface area contributed by atoms with Crippen LogP contribution in [-0.2, 0) is 15.1 Å². The summed E-state index contributed by atoms with van der Waals surface area (Å²) in [4.78, 5) is 11.2. The zero-order chi connectivity index (χ0) is 9.19. The summed E-state index contributed by atoms with van der Waals surface area (Å²) in [5, 5.41) is 3.97. The Labute approximate surface area is 71.1 Å². The summed E-state index contributed by atoms with van der Waals surface area (Å²) in [7, 11) is 1.37. The first kappa shape index (κ1) is 8.77. The van der Waals surface area contributed by atoms with Gasteiger partial charge in [0.05, 0.1) is 7.11 Å². The fourth-order valence-electron chi connectivity index (χ4n) is 0.943. The van der Waals surface area contributed by atoms with Crippen molar-refractivity contribution >= 4 is 5.97 Å². The average molecular weight is 168 g/mol. The molecule has 0 saturated heterocycles. The van der Waals surface area contributed by atoms with Crippen LogP contribution >= 0.6 is 0 Å². The van der Waals surface area contributed by atoms with Crippen molar-refractivity contribution in [1.82, 2.24) is 9.78 Å². The standard InChI is InChI=1S/C8H12N2O2/c1-8(2,7(11)12-3)10-6-4-5-9-10/h4-6H,1-3H3. The third kappa shape index (κ3) is 1.32. The third-order valence-corrected chi connectivity index (χ3v) is 1.76. The quantitative estimate of drug-likeness (QED) is 0.613. The van der Waals surface area contributed by atoms with Crippen molar-refractivity contribution < 1.29 is 9.53 Å². The van der Waals surface area contributed by atoms with Crippen LogP contribution in [0.2, 0.25) is 0 Å². The largest absolute Gasteiger partial charge is 0.467 e. The van der Waals surface area contributed by atoms with Gasteiger partial charge in [0.2, 0.25) is 0 Å². The van der Waals surface area contributed by atoms with Gasteiger partial charge in [-0.25, -0.2) is 4.79 Å². The lowest BCUT2D eigenvalue weighted by atomic mass is 10.1. The van der Waals surface area contributed by atoms with Crippen LogP contribution in [-0.4, -0.2) is 22.9 Å². The number of esters is 1. The topological polar surface area (TPSA) is 44.1 Å². The Kier molecular flexibility index (Phi) is 2.17. The van der Waals surface area contributed by atoms with Crippen molar-refractivity contribution in [3.63, 3.8) is 0 Å². The summed E-state index contributed by atoms with van der Waals surface area (Å²) >= 11 is 0. The van der Waals surface area contributed by atoms with E-state index in [2.05, 4.69) is 9.84 Å². The van der Waals surface area contributed by atoms with E-state index in [1.165, 1.54) is 7.11 Å². The second-order valence-electron chi connectivity index (χ2n) is 3.00. The van der Waals surface area contributed by atoms with Gasteiger partial charge in [-0.1, -0.05) is 0 Å². The predicted molar refractivity (Wildman–Crippen MR) is 43.6 cm³/mol. The molecule has 0 aromatic carbocycles. The van der Waals surface area contributed by atoms with Gasteiger partial charge in [0, 0.05) is 12.4 Å². The molecule has 1 rings (SSSR count).